The maximum atomic E-state index is 12.3. The summed E-state index contributed by atoms with van der Waals surface area (Å²) in [5.41, 5.74) is 0.896. The molecule has 25 heavy (non-hydrogen) atoms. The lowest BCUT2D eigenvalue weighted by Crippen LogP contribution is -2.30. The van der Waals surface area contributed by atoms with Gasteiger partial charge in [-0.2, -0.15) is 0 Å². The lowest BCUT2D eigenvalue weighted by molar-refractivity contribution is -0.137. The summed E-state index contributed by atoms with van der Waals surface area (Å²) in [4.78, 5) is 23.2. The fourth-order valence-corrected chi connectivity index (χ4v) is 3.19. The van der Waals surface area contributed by atoms with Crippen molar-refractivity contribution in [2.24, 2.45) is 0 Å². The quantitative estimate of drug-likeness (QED) is 0.666. The van der Waals surface area contributed by atoms with E-state index in [2.05, 4.69) is 15.5 Å². The van der Waals surface area contributed by atoms with Crippen LogP contribution in [-0.2, 0) is 9.59 Å². The summed E-state index contributed by atoms with van der Waals surface area (Å²) in [6.45, 7) is 4.04. The van der Waals surface area contributed by atoms with Crippen molar-refractivity contribution in [1.82, 2.24) is 20.1 Å². The highest BCUT2D eigenvalue weighted by atomic mass is 32.2. The second kappa shape index (κ2) is 9.22. The molecule has 7 nitrogen and oxygen atoms in total. The van der Waals surface area contributed by atoms with Gasteiger partial charge in [0.2, 0.25) is 5.91 Å². The topological polar surface area (TPSA) is 97.1 Å². The Kier molecular flexibility index (Phi) is 7.00. The van der Waals surface area contributed by atoms with Crippen LogP contribution in [0.2, 0.25) is 0 Å². The average Bonchev–Trinajstić information content (AvgIpc) is 3.06. The van der Waals surface area contributed by atoms with E-state index in [4.69, 9.17) is 5.11 Å². The highest BCUT2D eigenvalue weighted by Crippen LogP contribution is 2.21. The van der Waals surface area contributed by atoms with Crippen LogP contribution < -0.4 is 5.32 Å². The zero-order chi connectivity index (χ0) is 18.2. The van der Waals surface area contributed by atoms with Gasteiger partial charge in [-0.15, -0.1) is 10.2 Å². The standard InChI is InChI=1S/C17H22N4O3S/c1-12(2)21-11-18-20-17(21)25-10-15(22)19-14(8-9-16(23)24)13-6-4-3-5-7-13/h3-7,11-12,14H,8-10H2,1-2H3,(H,19,22)(H,23,24). The highest BCUT2D eigenvalue weighted by molar-refractivity contribution is 7.99. The first-order valence-electron chi connectivity index (χ1n) is 8.05. The molecule has 2 aromatic rings. The van der Waals surface area contributed by atoms with Gasteiger partial charge in [0, 0.05) is 12.5 Å². The predicted molar refractivity (Wildman–Crippen MR) is 95.3 cm³/mol. The van der Waals surface area contributed by atoms with Crippen LogP contribution in [0.5, 0.6) is 0 Å². The molecule has 1 unspecified atom stereocenters. The first-order chi connectivity index (χ1) is 12.0. The Bertz CT molecular complexity index is 703. The lowest BCUT2D eigenvalue weighted by atomic mass is 10.0. The molecule has 1 amide bonds. The zero-order valence-corrected chi connectivity index (χ0v) is 15.1. The van der Waals surface area contributed by atoms with Crippen LogP contribution in [0.25, 0.3) is 0 Å². The first kappa shape index (κ1) is 19.0. The summed E-state index contributed by atoms with van der Waals surface area (Å²) in [6.07, 6.45) is 1.98. The van der Waals surface area contributed by atoms with E-state index in [0.29, 0.717) is 11.6 Å². The van der Waals surface area contributed by atoms with E-state index in [-0.39, 0.29) is 30.2 Å². The SMILES string of the molecule is CC(C)n1cnnc1SCC(=O)NC(CCC(=O)O)c1ccccc1. The summed E-state index contributed by atoms with van der Waals surface area (Å²) in [7, 11) is 0. The molecule has 0 saturated carbocycles. The molecule has 0 radical (unpaired) electrons. The molecule has 8 heteroatoms. The molecule has 134 valence electrons. The normalized spacial score (nSPS) is 12.1. The van der Waals surface area contributed by atoms with Gasteiger partial charge in [0.25, 0.3) is 0 Å². The number of nitrogens with one attached hydrogen (secondary N) is 1. The molecule has 1 aromatic heterocycles. The van der Waals surface area contributed by atoms with Crippen LogP contribution in [0.3, 0.4) is 0 Å². The maximum Gasteiger partial charge on any atom is 0.303 e. The third-order valence-electron chi connectivity index (χ3n) is 3.61. The Balaban J connectivity index is 1.96. The molecule has 0 saturated heterocycles. The zero-order valence-electron chi connectivity index (χ0n) is 14.3. The summed E-state index contributed by atoms with van der Waals surface area (Å²) in [5.74, 6) is -0.848. The number of carboxylic acids is 1. The van der Waals surface area contributed by atoms with Gasteiger partial charge in [-0.1, -0.05) is 42.1 Å². The van der Waals surface area contributed by atoms with Crippen molar-refractivity contribution in [3.8, 4) is 0 Å². The van der Waals surface area contributed by atoms with Crippen molar-refractivity contribution >= 4 is 23.6 Å². The highest BCUT2D eigenvalue weighted by Gasteiger charge is 2.17. The predicted octanol–water partition coefficient (Wildman–Crippen LogP) is 2.67. The first-order valence-corrected chi connectivity index (χ1v) is 9.04. The van der Waals surface area contributed by atoms with Crippen molar-refractivity contribution in [1.29, 1.82) is 0 Å². The molecule has 0 bridgehead atoms. The van der Waals surface area contributed by atoms with E-state index in [9.17, 15) is 9.59 Å². The minimum atomic E-state index is -0.880. The van der Waals surface area contributed by atoms with E-state index in [1.807, 2.05) is 48.7 Å². The van der Waals surface area contributed by atoms with Crippen molar-refractivity contribution in [2.45, 2.75) is 43.9 Å². The average molecular weight is 362 g/mol. The molecule has 0 aliphatic heterocycles. The van der Waals surface area contributed by atoms with Crippen LogP contribution in [0, 0.1) is 0 Å². The number of carbonyl (C=O) groups excluding carboxylic acids is 1. The van der Waals surface area contributed by atoms with E-state index < -0.39 is 5.97 Å². The van der Waals surface area contributed by atoms with Gasteiger partial charge < -0.3 is 15.0 Å². The molecule has 0 aliphatic carbocycles. The molecule has 0 spiro atoms. The smallest absolute Gasteiger partial charge is 0.303 e. The number of hydrogen-bond donors (Lipinski definition) is 2. The van der Waals surface area contributed by atoms with Crippen LogP contribution >= 0.6 is 11.8 Å². The molecule has 2 rings (SSSR count). The molecular weight excluding hydrogens is 340 g/mol. The molecule has 2 N–H and O–H groups in total. The molecule has 0 aliphatic rings. The van der Waals surface area contributed by atoms with Gasteiger partial charge in [-0.25, -0.2) is 0 Å². The van der Waals surface area contributed by atoms with Crippen molar-refractivity contribution in [2.75, 3.05) is 5.75 Å². The van der Waals surface area contributed by atoms with Crippen molar-refractivity contribution < 1.29 is 14.7 Å². The number of aromatic nitrogens is 3. The van der Waals surface area contributed by atoms with Gasteiger partial charge in [0.15, 0.2) is 5.16 Å². The van der Waals surface area contributed by atoms with Crippen LogP contribution in [0.1, 0.15) is 44.3 Å². The Hall–Kier alpha value is -2.35. The second-order valence-corrected chi connectivity index (χ2v) is 6.81. The van der Waals surface area contributed by atoms with E-state index in [1.165, 1.54) is 11.8 Å². The number of hydrogen-bond acceptors (Lipinski definition) is 5. The van der Waals surface area contributed by atoms with E-state index in [0.717, 1.165) is 5.56 Å². The fourth-order valence-electron chi connectivity index (χ4n) is 2.33. The molecule has 0 fully saturated rings. The van der Waals surface area contributed by atoms with E-state index in [1.54, 1.807) is 6.33 Å². The van der Waals surface area contributed by atoms with Crippen molar-refractivity contribution in [3.05, 3.63) is 42.2 Å². The minimum absolute atomic E-state index is 0.00530. The van der Waals surface area contributed by atoms with Gasteiger partial charge in [-0.05, 0) is 25.8 Å². The number of carboxylic acid groups (broad SMARTS) is 1. The molecule has 1 heterocycles. The number of aliphatic carboxylic acids is 1. The van der Waals surface area contributed by atoms with Gasteiger partial charge in [0.05, 0.1) is 11.8 Å². The third kappa shape index (κ3) is 5.90. The maximum absolute atomic E-state index is 12.3. The molecule has 1 aromatic carbocycles. The summed E-state index contributed by atoms with van der Waals surface area (Å²) in [5, 5.41) is 20.4. The van der Waals surface area contributed by atoms with Crippen LogP contribution in [0.15, 0.2) is 41.8 Å². The lowest BCUT2D eigenvalue weighted by Gasteiger charge is -2.18. The van der Waals surface area contributed by atoms with Crippen LogP contribution in [-0.4, -0.2) is 37.5 Å². The van der Waals surface area contributed by atoms with E-state index >= 15 is 0 Å². The number of amides is 1. The Morgan fingerprint density at radius 2 is 2.00 bits per heavy atom. The Labute approximate surface area is 150 Å². The van der Waals surface area contributed by atoms with Crippen molar-refractivity contribution in [3.63, 3.8) is 0 Å². The van der Waals surface area contributed by atoms with Gasteiger partial charge >= 0.3 is 5.97 Å². The minimum Gasteiger partial charge on any atom is -0.481 e. The largest absolute Gasteiger partial charge is 0.481 e. The number of thioether (sulfide) groups is 1. The molecule has 1 atom stereocenters. The summed E-state index contributed by atoms with van der Waals surface area (Å²) >= 11 is 1.31. The number of nitrogens with zero attached hydrogens (tertiary/aromatic N) is 3. The summed E-state index contributed by atoms with van der Waals surface area (Å²) in [6, 6.07) is 9.28. The van der Waals surface area contributed by atoms with Crippen LogP contribution in [0.4, 0.5) is 0 Å². The summed E-state index contributed by atoms with van der Waals surface area (Å²) < 4.78 is 1.90. The number of carbonyl (C=O) groups is 2. The third-order valence-corrected chi connectivity index (χ3v) is 4.57. The Morgan fingerprint density at radius 1 is 1.28 bits per heavy atom. The number of benzene rings is 1. The second-order valence-electron chi connectivity index (χ2n) is 5.87. The molecular formula is C17H22N4O3S. The van der Waals surface area contributed by atoms with Gasteiger partial charge in [-0.3, -0.25) is 9.59 Å². The van der Waals surface area contributed by atoms with Gasteiger partial charge in [0.1, 0.15) is 6.33 Å². The monoisotopic (exact) mass is 362 g/mol. The fraction of sp³-hybridized carbons (Fsp3) is 0.412. The Morgan fingerprint density at radius 3 is 2.64 bits per heavy atom. The number of rotatable bonds is 9.